The van der Waals surface area contributed by atoms with Crippen LogP contribution in [0.15, 0.2) is 53.7 Å². The van der Waals surface area contributed by atoms with E-state index in [2.05, 4.69) is 21.7 Å². The number of carbonyl (C=O) groups excluding carboxylic acids is 1. The summed E-state index contributed by atoms with van der Waals surface area (Å²) in [6, 6.07) is 15.5. The van der Waals surface area contributed by atoms with E-state index in [9.17, 15) is 4.79 Å². The van der Waals surface area contributed by atoms with Gasteiger partial charge in [-0.15, -0.1) is 10.2 Å². The fourth-order valence-electron chi connectivity index (χ4n) is 2.86. The van der Waals surface area contributed by atoms with Crippen LogP contribution in [0.2, 0.25) is 0 Å². The van der Waals surface area contributed by atoms with Crippen molar-refractivity contribution >= 4 is 17.7 Å². The molecule has 0 radical (unpaired) electrons. The van der Waals surface area contributed by atoms with Gasteiger partial charge in [-0.3, -0.25) is 4.79 Å². The lowest BCUT2D eigenvalue weighted by Crippen LogP contribution is -2.21. The van der Waals surface area contributed by atoms with E-state index in [-0.39, 0.29) is 5.91 Å². The van der Waals surface area contributed by atoms with Crippen molar-refractivity contribution in [1.82, 2.24) is 19.7 Å². The van der Waals surface area contributed by atoms with E-state index in [1.54, 1.807) is 37.9 Å². The van der Waals surface area contributed by atoms with Gasteiger partial charge in [-0.05, 0) is 36.8 Å². The van der Waals surface area contributed by atoms with E-state index in [4.69, 9.17) is 4.74 Å². The van der Waals surface area contributed by atoms with Crippen molar-refractivity contribution < 1.29 is 9.53 Å². The van der Waals surface area contributed by atoms with Crippen molar-refractivity contribution in [2.24, 2.45) is 0 Å². The summed E-state index contributed by atoms with van der Waals surface area (Å²) in [7, 11) is 5.16. The number of thioether (sulfide) groups is 1. The predicted molar refractivity (Wildman–Crippen MR) is 112 cm³/mol. The number of rotatable bonds is 7. The molecule has 146 valence electrons. The summed E-state index contributed by atoms with van der Waals surface area (Å²) in [5.41, 5.74) is 2.75. The van der Waals surface area contributed by atoms with Crippen LogP contribution in [0.1, 0.15) is 22.8 Å². The molecular weight excluding hydrogens is 372 g/mol. The Bertz CT molecular complexity index is 951. The third-order valence-corrected chi connectivity index (χ3v) is 5.39. The van der Waals surface area contributed by atoms with Gasteiger partial charge in [-0.2, -0.15) is 0 Å². The zero-order chi connectivity index (χ0) is 20.1. The third-order valence-electron chi connectivity index (χ3n) is 4.36. The topological polar surface area (TPSA) is 60.2 Å². The molecule has 0 saturated carbocycles. The average molecular weight is 397 g/mol. The van der Waals surface area contributed by atoms with E-state index in [1.165, 1.54) is 0 Å². The fraction of sp³-hybridized carbons (Fsp3) is 0.286. The monoisotopic (exact) mass is 396 g/mol. The molecule has 0 N–H and O–H groups in total. The highest BCUT2D eigenvalue weighted by molar-refractivity contribution is 7.98. The maximum absolute atomic E-state index is 12.0. The smallest absolute Gasteiger partial charge is 0.253 e. The maximum atomic E-state index is 12.0. The first-order chi connectivity index (χ1) is 13.5. The first-order valence-corrected chi connectivity index (χ1v) is 10.0. The van der Waals surface area contributed by atoms with E-state index in [1.807, 2.05) is 48.5 Å². The lowest BCUT2D eigenvalue weighted by atomic mass is 10.1. The Labute approximate surface area is 169 Å². The number of methoxy groups -OCH3 is 1. The molecular formula is C21H24N4O2S. The third kappa shape index (κ3) is 4.20. The number of benzene rings is 2. The van der Waals surface area contributed by atoms with Crippen molar-refractivity contribution in [2.75, 3.05) is 21.2 Å². The second-order valence-corrected chi connectivity index (χ2v) is 7.38. The molecule has 0 fully saturated rings. The number of amides is 1. The minimum atomic E-state index is 0.00591. The van der Waals surface area contributed by atoms with Gasteiger partial charge in [0.1, 0.15) is 5.75 Å². The minimum Gasteiger partial charge on any atom is -0.496 e. The van der Waals surface area contributed by atoms with Crippen LogP contribution in [0.3, 0.4) is 0 Å². The molecule has 1 aromatic heterocycles. The van der Waals surface area contributed by atoms with Gasteiger partial charge in [-0.1, -0.05) is 36.0 Å². The Balaban J connectivity index is 1.77. The average Bonchev–Trinajstić information content (AvgIpc) is 3.14. The molecule has 2 aromatic carbocycles. The van der Waals surface area contributed by atoms with Gasteiger partial charge in [0, 0.05) is 32.0 Å². The van der Waals surface area contributed by atoms with Crippen LogP contribution in [0.4, 0.5) is 0 Å². The lowest BCUT2D eigenvalue weighted by molar-refractivity contribution is 0.0827. The van der Waals surface area contributed by atoms with Crippen LogP contribution in [-0.4, -0.2) is 46.8 Å². The Kier molecular flexibility index (Phi) is 6.36. The SMILES string of the molecule is CCn1c(SCc2ccc(C(=O)N(C)C)cc2)nnc1-c1ccccc1OC. The van der Waals surface area contributed by atoms with Gasteiger partial charge in [0.2, 0.25) is 0 Å². The summed E-state index contributed by atoms with van der Waals surface area (Å²) in [6.45, 7) is 2.84. The van der Waals surface area contributed by atoms with Gasteiger partial charge >= 0.3 is 0 Å². The zero-order valence-corrected chi connectivity index (χ0v) is 17.4. The molecule has 7 heteroatoms. The van der Waals surface area contributed by atoms with E-state index in [0.717, 1.165) is 40.2 Å². The Morgan fingerprint density at radius 1 is 1.11 bits per heavy atom. The van der Waals surface area contributed by atoms with Crippen LogP contribution in [0, 0.1) is 0 Å². The summed E-state index contributed by atoms with van der Waals surface area (Å²) in [4.78, 5) is 13.6. The normalized spacial score (nSPS) is 10.7. The maximum Gasteiger partial charge on any atom is 0.253 e. The summed E-state index contributed by atoms with van der Waals surface area (Å²) in [5, 5.41) is 9.64. The van der Waals surface area contributed by atoms with Gasteiger partial charge < -0.3 is 14.2 Å². The highest BCUT2D eigenvalue weighted by Gasteiger charge is 2.16. The standard InChI is InChI=1S/C21H24N4O2S/c1-5-25-19(17-8-6-7-9-18(17)27-4)22-23-21(25)28-14-15-10-12-16(13-11-15)20(26)24(2)3/h6-13H,5,14H2,1-4H3. The highest BCUT2D eigenvalue weighted by atomic mass is 32.2. The van der Waals surface area contributed by atoms with Gasteiger partial charge in [0.15, 0.2) is 11.0 Å². The second-order valence-electron chi connectivity index (χ2n) is 6.44. The molecule has 0 aliphatic rings. The number of hydrogen-bond donors (Lipinski definition) is 0. The number of hydrogen-bond acceptors (Lipinski definition) is 5. The molecule has 0 atom stereocenters. The molecule has 0 saturated heterocycles. The molecule has 1 heterocycles. The van der Waals surface area contributed by atoms with E-state index < -0.39 is 0 Å². The number of para-hydroxylation sites is 1. The molecule has 0 aliphatic carbocycles. The zero-order valence-electron chi connectivity index (χ0n) is 16.5. The summed E-state index contributed by atoms with van der Waals surface area (Å²) >= 11 is 1.63. The molecule has 6 nitrogen and oxygen atoms in total. The first-order valence-electron chi connectivity index (χ1n) is 9.05. The van der Waals surface area contributed by atoms with Crippen LogP contribution < -0.4 is 4.74 Å². The Hall–Kier alpha value is -2.80. The molecule has 0 bridgehead atoms. The molecule has 3 rings (SSSR count). The summed E-state index contributed by atoms with van der Waals surface area (Å²) in [5.74, 6) is 2.34. The van der Waals surface area contributed by atoms with Crippen LogP contribution in [-0.2, 0) is 12.3 Å². The van der Waals surface area contributed by atoms with Crippen molar-refractivity contribution in [1.29, 1.82) is 0 Å². The van der Waals surface area contributed by atoms with E-state index >= 15 is 0 Å². The Morgan fingerprint density at radius 3 is 2.46 bits per heavy atom. The number of nitrogens with zero attached hydrogens (tertiary/aromatic N) is 4. The molecule has 0 spiro atoms. The molecule has 28 heavy (non-hydrogen) atoms. The minimum absolute atomic E-state index is 0.00591. The number of aromatic nitrogens is 3. The van der Waals surface area contributed by atoms with Crippen molar-refractivity contribution in [3.8, 4) is 17.1 Å². The van der Waals surface area contributed by atoms with Gasteiger partial charge in [-0.25, -0.2) is 0 Å². The molecule has 1 amide bonds. The first kappa shape index (κ1) is 19.9. The van der Waals surface area contributed by atoms with Crippen LogP contribution in [0.25, 0.3) is 11.4 Å². The van der Waals surface area contributed by atoms with Crippen molar-refractivity contribution in [2.45, 2.75) is 24.4 Å². The van der Waals surface area contributed by atoms with Crippen molar-refractivity contribution in [3.63, 3.8) is 0 Å². The van der Waals surface area contributed by atoms with Crippen molar-refractivity contribution in [3.05, 3.63) is 59.7 Å². The quantitative estimate of drug-likeness (QED) is 0.566. The fourth-order valence-corrected chi connectivity index (χ4v) is 3.82. The molecule has 0 aliphatic heterocycles. The molecule has 0 unspecified atom stereocenters. The highest BCUT2D eigenvalue weighted by Crippen LogP contribution is 2.31. The number of carbonyl (C=O) groups is 1. The number of ether oxygens (including phenoxy) is 1. The largest absolute Gasteiger partial charge is 0.496 e. The van der Waals surface area contributed by atoms with Gasteiger partial charge in [0.25, 0.3) is 5.91 Å². The second kappa shape index (κ2) is 8.93. The van der Waals surface area contributed by atoms with Crippen LogP contribution >= 0.6 is 11.8 Å². The van der Waals surface area contributed by atoms with Crippen LogP contribution in [0.5, 0.6) is 5.75 Å². The molecule has 3 aromatic rings. The predicted octanol–water partition coefficient (Wildman–Crippen LogP) is 3.97. The summed E-state index contributed by atoms with van der Waals surface area (Å²) < 4.78 is 7.56. The van der Waals surface area contributed by atoms with Gasteiger partial charge in [0.05, 0.1) is 12.7 Å². The lowest BCUT2D eigenvalue weighted by Gasteiger charge is -2.11. The van der Waals surface area contributed by atoms with E-state index in [0.29, 0.717) is 5.56 Å². The Morgan fingerprint density at radius 2 is 1.82 bits per heavy atom. The summed E-state index contributed by atoms with van der Waals surface area (Å²) in [6.07, 6.45) is 0.